The Bertz CT molecular complexity index is 2220. The first kappa shape index (κ1) is 22.9. The summed E-state index contributed by atoms with van der Waals surface area (Å²) in [5.74, 6) is 0. The molecule has 0 fully saturated rings. The number of nitrogens with one attached hydrogen (secondary N) is 1. The fourth-order valence-electron chi connectivity index (χ4n) is 5.88. The molecule has 3 heteroatoms. The monoisotopic (exact) mass is 529 g/mol. The average Bonchev–Trinajstić information content (AvgIpc) is 3.59. The minimum atomic E-state index is 0.818. The largest absolute Gasteiger partial charge is 0.455 e. The number of fused-ring (bicyclic) bond motifs is 6. The molecular formula is C37H23NOS. The summed E-state index contributed by atoms with van der Waals surface area (Å²) in [5.41, 5.74) is 9.11. The van der Waals surface area contributed by atoms with Gasteiger partial charge in [0.05, 0.1) is 0 Å². The molecule has 8 rings (SSSR count). The van der Waals surface area contributed by atoms with Crippen molar-refractivity contribution in [2.24, 2.45) is 0 Å². The van der Waals surface area contributed by atoms with E-state index in [9.17, 15) is 0 Å². The zero-order chi connectivity index (χ0) is 26.6. The second-order valence-electron chi connectivity index (χ2n) is 10.1. The minimum Gasteiger partial charge on any atom is -0.455 e. The first-order valence-corrected chi connectivity index (χ1v) is 14.2. The van der Waals surface area contributed by atoms with Crippen LogP contribution in [0.2, 0.25) is 0 Å². The Morgan fingerprint density at radius 2 is 1.23 bits per heavy atom. The van der Waals surface area contributed by atoms with Gasteiger partial charge in [-0.1, -0.05) is 97.1 Å². The number of hydrogen-bond acceptors (Lipinski definition) is 3. The molecule has 0 radical (unpaired) electrons. The molecule has 188 valence electrons. The Hall–Kier alpha value is -4.99. The summed E-state index contributed by atoms with van der Waals surface area (Å²) >= 11 is 1.82. The summed E-state index contributed by atoms with van der Waals surface area (Å²) in [5, 5.41) is 12.8. The third-order valence-corrected chi connectivity index (χ3v) is 8.92. The lowest BCUT2D eigenvalue weighted by Crippen LogP contribution is -1.86. The summed E-state index contributed by atoms with van der Waals surface area (Å²) < 4.78 is 9.38. The molecule has 6 aromatic carbocycles. The van der Waals surface area contributed by atoms with Crippen LogP contribution in [0.15, 0.2) is 132 Å². The van der Waals surface area contributed by atoms with Gasteiger partial charge in [-0.3, -0.25) is 0 Å². The predicted octanol–water partition coefficient (Wildman–Crippen LogP) is 11.0. The van der Waals surface area contributed by atoms with Crippen molar-refractivity contribution in [1.29, 1.82) is 5.41 Å². The molecular weight excluding hydrogens is 506 g/mol. The summed E-state index contributed by atoms with van der Waals surface area (Å²) in [6, 6.07) is 44.8. The second-order valence-corrected chi connectivity index (χ2v) is 11.2. The summed E-state index contributed by atoms with van der Waals surface area (Å²) in [4.78, 5) is 0. The van der Waals surface area contributed by atoms with Gasteiger partial charge in [-0.2, -0.15) is 0 Å². The van der Waals surface area contributed by atoms with Gasteiger partial charge in [-0.25, -0.2) is 0 Å². The SMILES string of the molecule is N=Cc1ccc(-c2ccc3c(c2)sc2ccccc23)c2oc3c(-c4ccccc4)cc(-c4ccccc4)cc3c12. The Morgan fingerprint density at radius 1 is 0.500 bits per heavy atom. The quantitative estimate of drug-likeness (QED) is 0.226. The lowest BCUT2D eigenvalue weighted by molar-refractivity contribution is 0.671. The van der Waals surface area contributed by atoms with Crippen LogP contribution in [0, 0.1) is 5.41 Å². The van der Waals surface area contributed by atoms with Crippen LogP contribution in [-0.2, 0) is 0 Å². The van der Waals surface area contributed by atoms with E-state index >= 15 is 0 Å². The van der Waals surface area contributed by atoms with Crippen molar-refractivity contribution in [2.45, 2.75) is 0 Å². The number of rotatable bonds is 4. The lowest BCUT2D eigenvalue weighted by Gasteiger charge is -2.08. The van der Waals surface area contributed by atoms with Crippen LogP contribution in [-0.4, -0.2) is 6.21 Å². The first-order valence-electron chi connectivity index (χ1n) is 13.3. The van der Waals surface area contributed by atoms with Gasteiger partial charge >= 0.3 is 0 Å². The van der Waals surface area contributed by atoms with Crippen molar-refractivity contribution in [3.63, 3.8) is 0 Å². The second kappa shape index (κ2) is 9.04. The van der Waals surface area contributed by atoms with E-state index in [-0.39, 0.29) is 0 Å². The molecule has 0 aliphatic heterocycles. The molecule has 0 spiro atoms. The predicted molar refractivity (Wildman–Crippen MR) is 171 cm³/mol. The zero-order valence-corrected chi connectivity index (χ0v) is 22.3. The van der Waals surface area contributed by atoms with E-state index in [2.05, 4.69) is 109 Å². The van der Waals surface area contributed by atoms with Gasteiger partial charge in [0.25, 0.3) is 0 Å². The maximum absolute atomic E-state index is 8.26. The van der Waals surface area contributed by atoms with Gasteiger partial charge in [0.1, 0.15) is 11.2 Å². The topological polar surface area (TPSA) is 37.0 Å². The van der Waals surface area contributed by atoms with Gasteiger partial charge in [0.2, 0.25) is 0 Å². The third-order valence-electron chi connectivity index (χ3n) is 7.79. The van der Waals surface area contributed by atoms with Crippen LogP contribution >= 0.6 is 11.3 Å². The van der Waals surface area contributed by atoms with Crippen LogP contribution in [0.1, 0.15) is 5.56 Å². The molecule has 0 saturated carbocycles. The first-order chi connectivity index (χ1) is 19.8. The number of thiophene rings is 1. The Labute approximate surface area is 235 Å². The Kier molecular flexibility index (Phi) is 5.19. The van der Waals surface area contributed by atoms with Gasteiger partial charge < -0.3 is 9.83 Å². The highest BCUT2D eigenvalue weighted by Crippen LogP contribution is 2.44. The maximum Gasteiger partial charge on any atom is 0.143 e. The molecule has 0 unspecified atom stereocenters. The normalized spacial score (nSPS) is 11.6. The number of hydrogen-bond donors (Lipinski definition) is 1. The maximum atomic E-state index is 8.26. The summed E-state index contributed by atoms with van der Waals surface area (Å²) in [6.07, 6.45) is 1.44. The highest BCUT2D eigenvalue weighted by Gasteiger charge is 2.20. The molecule has 0 aliphatic carbocycles. The van der Waals surface area contributed by atoms with Crippen molar-refractivity contribution in [1.82, 2.24) is 0 Å². The van der Waals surface area contributed by atoms with E-state index < -0.39 is 0 Å². The molecule has 0 aliphatic rings. The standard InChI is InChI=1S/C37H23NOS/c38-22-26-16-17-28(25-15-18-30-29-13-7-8-14-33(29)40-34(30)21-25)37-35(26)32-20-27(23-9-3-1-4-10-23)19-31(36(32)39-37)24-11-5-2-6-12-24/h1-22,38H. The lowest BCUT2D eigenvalue weighted by atomic mass is 9.94. The molecule has 0 saturated heterocycles. The molecule has 0 atom stereocenters. The van der Waals surface area contributed by atoms with Crippen molar-refractivity contribution in [2.75, 3.05) is 0 Å². The third kappa shape index (κ3) is 3.52. The van der Waals surface area contributed by atoms with Crippen molar-refractivity contribution in [3.8, 4) is 33.4 Å². The van der Waals surface area contributed by atoms with Crippen LogP contribution < -0.4 is 0 Å². The van der Waals surface area contributed by atoms with Gasteiger partial charge in [0, 0.05) is 53.8 Å². The van der Waals surface area contributed by atoms with E-state index in [1.54, 1.807) is 0 Å². The van der Waals surface area contributed by atoms with Crippen LogP contribution in [0.25, 0.3) is 75.5 Å². The molecule has 8 aromatic rings. The van der Waals surface area contributed by atoms with Crippen molar-refractivity contribution < 1.29 is 4.42 Å². The van der Waals surface area contributed by atoms with Gasteiger partial charge in [-0.05, 0) is 52.6 Å². The van der Waals surface area contributed by atoms with E-state index in [4.69, 9.17) is 9.83 Å². The van der Waals surface area contributed by atoms with Gasteiger partial charge in [-0.15, -0.1) is 11.3 Å². The molecule has 2 heterocycles. The minimum absolute atomic E-state index is 0.818. The van der Waals surface area contributed by atoms with E-state index in [1.165, 1.54) is 26.4 Å². The Balaban J connectivity index is 1.45. The van der Waals surface area contributed by atoms with Crippen molar-refractivity contribution in [3.05, 3.63) is 133 Å². The molecule has 1 N–H and O–H groups in total. The fourth-order valence-corrected chi connectivity index (χ4v) is 7.02. The van der Waals surface area contributed by atoms with Gasteiger partial charge in [0.15, 0.2) is 0 Å². The Morgan fingerprint density at radius 3 is 2.02 bits per heavy atom. The van der Waals surface area contributed by atoms with E-state index in [1.807, 2.05) is 29.5 Å². The smallest absolute Gasteiger partial charge is 0.143 e. The molecule has 0 amide bonds. The molecule has 2 nitrogen and oxygen atoms in total. The van der Waals surface area contributed by atoms with Crippen LogP contribution in [0.5, 0.6) is 0 Å². The molecule has 0 bridgehead atoms. The molecule has 40 heavy (non-hydrogen) atoms. The van der Waals surface area contributed by atoms with Crippen LogP contribution in [0.4, 0.5) is 0 Å². The highest BCUT2D eigenvalue weighted by atomic mass is 32.1. The number of furan rings is 1. The van der Waals surface area contributed by atoms with E-state index in [0.717, 1.165) is 60.9 Å². The van der Waals surface area contributed by atoms with Crippen molar-refractivity contribution >= 4 is 59.7 Å². The number of benzene rings is 6. The summed E-state index contributed by atoms with van der Waals surface area (Å²) in [6.45, 7) is 0. The highest BCUT2D eigenvalue weighted by molar-refractivity contribution is 7.25. The zero-order valence-electron chi connectivity index (χ0n) is 21.5. The summed E-state index contributed by atoms with van der Waals surface area (Å²) in [7, 11) is 0. The average molecular weight is 530 g/mol. The fraction of sp³-hybridized carbons (Fsp3) is 0. The van der Waals surface area contributed by atoms with Crippen LogP contribution in [0.3, 0.4) is 0 Å². The molecule has 2 aromatic heterocycles. The van der Waals surface area contributed by atoms with E-state index in [0.29, 0.717) is 0 Å².